The fourth-order valence-corrected chi connectivity index (χ4v) is 2.42. The number of hydrogen-bond acceptors (Lipinski definition) is 3. The molecule has 1 atom stereocenters. The quantitative estimate of drug-likeness (QED) is 0.817. The molecule has 20 heavy (non-hydrogen) atoms. The zero-order valence-electron chi connectivity index (χ0n) is 11.4. The van der Waals surface area contributed by atoms with Crippen LogP contribution in [-0.4, -0.2) is 47.8 Å². The van der Waals surface area contributed by atoms with Crippen LogP contribution in [0.25, 0.3) is 0 Å². The van der Waals surface area contributed by atoms with Gasteiger partial charge in [0.1, 0.15) is 5.82 Å². The van der Waals surface area contributed by atoms with Gasteiger partial charge >= 0.3 is 11.8 Å². The summed E-state index contributed by atoms with van der Waals surface area (Å²) in [5, 5.41) is 0. The van der Waals surface area contributed by atoms with E-state index in [0.29, 0.717) is 19.6 Å². The van der Waals surface area contributed by atoms with Gasteiger partial charge in [0, 0.05) is 26.2 Å². The lowest BCUT2D eigenvalue weighted by Crippen LogP contribution is -2.55. The van der Waals surface area contributed by atoms with E-state index in [1.807, 2.05) is 6.92 Å². The molecule has 5 nitrogen and oxygen atoms in total. The van der Waals surface area contributed by atoms with Crippen LogP contribution in [-0.2, 0) is 9.59 Å². The molecule has 2 amide bonds. The summed E-state index contributed by atoms with van der Waals surface area (Å²) < 4.78 is 13.0. The number of likely N-dealkylation sites (N-methyl/N-ethyl adjacent to an activating group) is 1. The minimum absolute atomic E-state index is 0.191. The van der Waals surface area contributed by atoms with Crippen LogP contribution < -0.4 is 5.73 Å². The number of nitrogens with zero attached hydrogens (tertiary/aromatic N) is 2. The lowest BCUT2D eigenvalue weighted by molar-refractivity contribution is -0.157. The average Bonchev–Trinajstić information content (AvgIpc) is 2.46. The maximum absolute atomic E-state index is 13.0. The first-order valence-electron chi connectivity index (χ1n) is 6.63. The van der Waals surface area contributed by atoms with Crippen LogP contribution in [0.4, 0.5) is 4.39 Å². The highest BCUT2D eigenvalue weighted by atomic mass is 19.1. The molecule has 1 aliphatic heterocycles. The Hall–Kier alpha value is -1.95. The van der Waals surface area contributed by atoms with Crippen LogP contribution in [0.2, 0.25) is 0 Å². The Morgan fingerprint density at radius 2 is 1.85 bits per heavy atom. The number of rotatable bonds is 4. The highest BCUT2D eigenvalue weighted by Crippen LogP contribution is 2.22. The topological polar surface area (TPSA) is 66.6 Å². The molecule has 1 aliphatic rings. The normalized spacial score (nSPS) is 17.6. The Morgan fingerprint density at radius 3 is 2.40 bits per heavy atom. The van der Waals surface area contributed by atoms with Gasteiger partial charge in [0.05, 0.1) is 6.04 Å². The van der Waals surface area contributed by atoms with E-state index in [9.17, 15) is 14.0 Å². The third-order valence-corrected chi connectivity index (χ3v) is 3.58. The predicted octanol–water partition coefficient (Wildman–Crippen LogP) is 0.516. The van der Waals surface area contributed by atoms with Crippen LogP contribution >= 0.6 is 0 Å². The second-order valence-corrected chi connectivity index (χ2v) is 4.69. The highest BCUT2D eigenvalue weighted by molar-refractivity contribution is 6.35. The number of hydrogen-bond donors (Lipinski definition) is 1. The number of carbonyl (C=O) groups excluding carboxylic acids is 2. The van der Waals surface area contributed by atoms with E-state index in [1.165, 1.54) is 21.9 Å². The lowest BCUT2D eigenvalue weighted by atomic mass is 10.0. The fraction of sp³-hybridized carbons (Fsp3) is 0.429. The van der Waals surface area contributed by atoms with E-state index in [4.69, 9.17) is 5.73 Å². The smallest absolute Gasteiger partial charge is 0.312 e. The lowest BCUT2D eigenvalue weighted by Gasteiger charge is -2.37. The maximum atomic E-state index is 13.0. The van der Waals surface area contributed by atoms with Crippen molar-refractivity contribution in [2.45, 2.75) is 13.0 Å². The molecule has 0 aromatic heterocycles. The number of halogens is 1. The number of carbonyl (C=O) groups is 2. The molecule has 1 heterocycles. The third kappa shape index (κ3) is 2.65. The average molecular weight is 279 g/mol. The Bertz CT molecular complexity index is 504. The summed E-state index contributed by atoms with van der Waals surface area (Å²) in [6.45, 7) is 3.48. The molecule has 0 aliphatic carbocycles. The summed E-state index contributed by atoms with van der Waals surface area (Å²) in [6.07, 6.45) is 0. The van der Waals surface area contributed by atoms with Crippen molar-refractivity contribution in [3.63, 3.8) is 0 Å². The van der Waals surface area contributed by atoms with E-state index in [-0.39, 0.29) is 12.4 Å². The second kappa shape index (κ2) is 6.00. The van der Waals surface area contributed by atoms with E-state index in [2.05, 4.69) is 0 Å². The van der Waals surface area contributed by atoms with Crippen molar-refractivity contribution in [2.24, 2.45) is 5.73 Å². The van der Waals surface area contributed by atoms with Crippen molar-refractivity contribution in [1.82, 2.24) is 9.80 Å². The fourth-order valence-electron chi connectivity index (χ4n) is 2.42. The highest BCUT2D eigenvalue weighted by Gasteiger charge is 2.35. The first-order valence-corrected chi connectivity index (χ1v) is 6.63. The van der Waals surface area contributed by atoms with Gasteiger partial charge < -0.3 is 15.5 Å². The summed E-state index contributed by atoms with van der Waals surface area (Å²) in [5.41, 5.74) is 6.47. The molecule has 0 saturated carbocycles. The zero-order valence-corrected chi connectivity index (χ0v) is 11.4. The Kier molecular flexibility index (Phi) is 4.34. The van der Waals surface area contributed by atoms with Gasteiger partial charge in [0.2, 0.25) is 0 Å². The molecule has 1 unspecified atom stereocenters. The van der Waals surface area contributed by atoms with E-state index < -0.39 is 17.9 Å². The van der Waals surface area contributed by atoms with Gasteiger partial charge in [-0.25, -0.2) is 4.39 Å². The van der Waals surface area contributed by atoms with Crippen molar-refractivity contribution in [3.8, 4) is 0 Å². The number of benzene rings is 1. The third-order valence-electron chi connectivity index (χ3n) is 3.58. The van der Waals surface area contributed by atoms with E-state index in [0.717, 1.165) is 5.56 Å². The summed E-state index contributed by atoms with van der Waals surface area (Å²) in [6, 6.07) is 5.44. The largest absolute Gasteiger partial charge is 0.333 e. The van der Waals surface area contributed by atoms with E-state index >= 15 is 0 Å². The SMILES string of the molecule is CCN1CCN(C(CN)c2ccc(F)cc2)C(=O)C1=O. The molecule has 6 heteroatoms. The monoisotopic (exact) mass is 279 g/mol. The molecule has 1 saturated heterocycles. The standard InChI is InChI=1S/C14H18FN3O2/c1-2-17-7-8-18(14(20)13(17)19)12(9-16)10-3-5-11(15)6-4-10/h3-6,12H,2,7-9,16H2,1H3. The van der Waals surface area contributed by atoms with Crippen LogP contribution in [0.1, 0.15) is 18.5 Å². The van der Waals surface area contributed by atoms with Gasteiger partial charge in [-0.15, -0.1) is 0 Å². The molecule has 0 bridgehead atoms. The van der Waals surface area contributed by atoms with Crippen molar-refractivity contribution >= 4 is 11.8 Å². The Morgan fingerprint density at radius 1 is 1.20 bits per heavy atom. The Labute approximate surface area is 117 Å². The van der Waals surface area contributed by atoms with Gasteiger partial charge in [0.15, 0.2) is 0 Å². The van der Waals surface area contributed by atoms with Crippen molar-refractivity contribution in [3.05, 3.63) is 35.6 Å². The molecular formula is C14H18FN3O2. The predicted molar refractivity (Wildman–Crippen MR) is 72.2 cm³/mol. The molecule has 1 aromatic rings. The van der Waals surface area contributed by atoms with Crippen molar-refractivity contribution in [1.29, 1.82) is 0 Å². The van der Waals surface area contributed by atoms with Crippen molar-refractivity contribution in [2.75, 3.05) is 26.2 Å². The van der Waals surface area contributed by atoms with Crippen LogP contribution in [0.5, 0.6) is 0 Å². The molecule has 2 rings (SSSR count). The molecule has 0 radical (unpaired) electrons. The minimum Gasteiger partial charge on any atom is -0.333 e. The summed E-state index contributed by atoms with van der Waals surface area (Å²) >= 11 is 0. The Balaban J connectivity index is 2.22. The minimum atomic E-state index is -0.544. The summed E-state index contributed by atoms with van der Waals surface area (Å²) in [4.78, 5) is 27.0. The first-order chi connectivity index (χ1) is 9.58. The summed E-state index contributed by atoms with van der Waals surface area (Å²) in [7, 11) is 0. The molecule has 2 N–H and O–H groups in total. The van der Waals surface area contributed by atoms with Crippen LogP contribution in [0.3, 0.4) is 0 Å². The first kappa shape index (κ1) is 14.5. The van der Waals surface area contributed by atoms with Gasteiger partial charge in [-0.2, -0.15) is 0 Å². The molecule has 108 valence electrons. The molecule has 0 spiro atoms. The van der Waals surface area contributed by atoms with E-state index in [1.54, 1.807) is 12.1 Å². The molecular weight excluding hydrogens is 261 g/mol. The zero-order chi connectivity index (χ0) is 14.7. The second-order valence-electron chi connectivity index (χ2n) is 4.69. The molecule has 1 fully saturated rings. The van der Waals surface area contributed by atoms with Gasteiger partial charge in [-0.05, 0) is 24.6 Å². The van der Waals surface area contributed by atoms with Gasteiger partial charge in [-0.3, -0.25) is 9.59 Å². The van der Waals surface area contributed by atoms with Gasteiger partial charge in [0.25, 0.3) is 0 Å². The number of piperazine rings is 1. The number of amides is 2. The molecule has 1 aromatic carbocycles. The maximum Gasteiger partial charge on any atom is 0.312 e. The van der Waals surface area contributed by atoms with Crippen LogP contribution in [0.15, 0.2) is 24.3 Å². The van der Waals surface area contributed by atoms with Crippen LogP contribution in [0, 0.1) is 5.82 Å². The number of nitrogens with two attached hydrogens (primary N) is 1. The van der Waals surface area contributed by atoms with Gasteiger partial charge in [-0.1, -0.05) is 12.1 Å². The van der Waals surface area contributed by atoms with Crippen molar-refractivity contribution < 1.29 is 14.0 Å². The summed E-state index contributed by atoms with van der Waals surface area (Å²) in [5.74, 6) is -1.39.